The predicted molar refractivity (Wildman–Crippen MR) is 68.8 cm³/mol. The lowest BCUT2D eigenvalue weighted by atomic mass is 10.2. The van der Waals surface area contributed by atoms with Gasteiger partial charge in [0.1, 0.15) is 5.75 Å². The second-order valence-corrected chi connectivity index (χ2v) is 4.13. The van der Waals surface area contributed by atoms with E-state index in [1.165, 1.54) is 4.90 Å². The van der Waals surface area contributed by atoms with E-state index < -0.39 is 0 Å². The molecule has 0 spiro atoms. The number of amides is 2. The van der Waals surface area contributed by atoms with Crippen molar-refractivity contribution in [2.45, 2.75) is 12.8 Å². The van der Waals surface area contributed by atoms with E-state index in [0.717, 1.165) is 0 Å². The number of rotatable bonds is 3. The van der Waals surface area contributed by atoms with Crippen LogP contribution >= 0.6 is 0 Å². The van der Waals surface area contributed by atoms with Crippen molar-refractivity contribution in [1.29, 1.82) is 5.26 Å². The van der Waals surface area contributed by atoms with Crippen LogP contribution < -0.4 is 15.0 Å². The van der Waals surface area contributed by atoms with Crippen molar-refractivity contribution in [1.82, 2.24) is 0 Å². The highest BCUT2D eigenvalue weighted by Crippen LogP contribution is 2.31. The fraction of sp³-hybridized carbons (Fsp3) is 0.308. The molecule has 0 unspecified atom stereocenters. The number of nitriles is 1. The largest absolute Gasteiger partial charge is 0.482 e. The van der Waals surface area contributed by atoms with E-state index in [9.17, 15) is 9.59 Å². The van der Waals surface area contributed by atoms with E-state index in [2.05, 4.69) is 5.32 Å². The fourth-order valence-electron chi connectivity index (χ4n) is 1.75. The number of ether oxygens (including phenoxy) is 1. The zero-order chi connectivity index (χ0) is 13.8. The third-order valence-electron chi connectivity index (χ3n) is 2.81. The van der Waals surface area contributed by atoms with Gasteiger partial charge < -0.3 is 15.0 Å². The van der Waals surface area contributed by atoms with Gasteiger partial charge in [0.2, 0.25) is 5.91 Å². The van der Waals surface area contributed by atoms with Gasteiger partial charge in [-0.1, -0.05) is 0 Å². The maximum absolute atomic E-state index is 11.8. The molecule has 0 saturated heterocycles. The number of hydrogen-bond acceptors (Lipinski definition) is 4. The van der Waals surface area contributed by atoms with E-state index >= 15 is 0 Å². The Kier molecular flexibility index (Phi) is 3.66. The first kappa shape index (κ1) is 12.9. The van der Waals surface area contributed by atoms with Crippen LogP contribution in [0.4, 0.5) is 11.4 Å². The molecule has 6 heteroatoms. The maximum atomic E-state index is 11.8. The second-order valence-electron chi connectivity index (χ2n) is 4.13. The number of benzene rings is 1. The highest BCUT2D eigenvalue weighted by Gasteiger charge is 2.18. The van der Waals surface area contributed by atoms with Gasteiger partial charge in [-0.2, -0.15) is 5.26 Å². The first-order chi connectivity index (χ1) is 9.11. The topological polar surface area (TPSA) is 82.4 Å². The van der Waals surface area contributed by atoms with Crippen molar-refractivity contribution in [2.75, 3.05) is 23.9 Å². The second kappa shape index (κ2) is 5.40. The summed E-state index contributed by atoms with van der Waals surface area (Å²) in [7, 11) is 1.63. The molecular weight excluding hydrogens is 246 g/mol. The minimum absolute atomic E-state index is 0.00326. The van der Waals surface area contributed by atoms with Crippen molar-refractivity contribution in [2.24, 2.45) is 0 Å². The minimum atomic E-state index is -0.219. The van der Waals surface area contributed by atoms with Crippen LogP contribution in [0.3, 0.4) is 0 Å². The Bertz CT molecular complexity index is 563. The van der Waals surface area contributed by atoms with Crippen molar-refractivity contribution in [3.8, 4) is 11.8 Å². The third kappa shape index (κ3) is 2.83. The van der Waals surface area contributed by atoms with Crippen LogP contribution in [-0.2, 0) is 9.59 Å². The molecule has 1 aliphatic rings. The smallest absolute Gasteiger partial charge is 0.262 e. The van der Waals surface area contributed by atoms with Gasteiger partial charge in [-0.05, 0) is 18.2 Å². The first-order valence-corrected chi connectivity index (χ1v) is 5.82. The average Bonchev–Trinajstić information content (AvgIpc) is 2.43. The summed E-state index contributed by atoms with van der Waals surface area (Å²) in [5.74, 6) is 0.217. The lowest BCUT2D eigenvalue weighted by Crippen LogP contribution is -2.28. The lowest BCUT2D eigenvalue weighted by molar-refractivity contribution is -0.119. The fourth-order valence-corrected chi connectivity index (χ4v) is 1.75. The van der Waals surface area contributed by atoms with E-state index in [1.54, 1.807) is 25.2 Å². The van der Waals surface area contributed by atoms with Crippen LogP contribution in [0.25, 0.3) is 0 Å². The Morgan fingerprint density at radius 3 is 3.11 bits per heavy atom. The van der Waals surface area contributed by atoms with E-state index in [4.69, 9.17) is 10.00 Å². The highest BCUT2D eigenvalue weighted by atomic mass is 16.5. The molecule has 0 saturated carbocycles. The molecule has 1 heterocycles. The van der Waals surface area contributed by atoms with E-state index in [0.29, 0.717) is 17.1 Å². The summed E-state index contributed by atoms with van der Waals surface area (Å²) in [6.45, 7) is 0.00326. The Hall–Kier alpha value is -2.55. The molecule has 98 valence electrons. The van der Waals surface area contributed by atoms with Crippen LogP contribution in [0.15, 0.2) is 18.2 Å². The predicted octanol–water partition coefficient (Wildman–Crippen LogP) is 1.28. The van der Waals surface area contributed by atoms with Gasteiger partial charge in [0.05, 0.1) is 11.8 Å². The van der Waals surface area contributed by atoms with Crippen LogP contribution in [0, 0.1) is 11.3 Å². The van der Waals surface area contributed by atoms with Crippen molar-refractivity contribution < 1.29 is 14.3 Å². The standard InChI is InChI=1S/C13H13N3O3/c1-16(13(18)3-2-6-14)9-4-5-11-10(7-9)15-12(17)8-19-11/h4-5,7H,2-3,8H2,1H3,(H,15,17). The SMILES string of the molecule is CN(C(=O)CCC#N)c1ccc2c(c1)NC(=O)CO2. The number of hydrogen-bond donors (Lipinski definition) is 1. The van der Waals surface area contributed by atoms with Gasteiger partial charge >= 0.3 is 0 Å². The van der Waals surface area contributed by atoms with Crippen LogP contribution in [0.1, 0.15) is 12.8 Å². The quantitative estimate of drug-likeness (QED) is 0.886. The molecule has 1 aromatic rings. The summed E-state index contributed by atoms with van der Waals surface area (Å²) in [5.41, 5.74) is 1.20. The average molecular weight is 259 g/mol. The molecule has 0 aromatic heterocycles. The maximum Gasteiger partial charge on any atom is 0.262 e. The molecule has 0 aliphatic carbocycles. The summed E-state index contributed by atoms with van der Waals surface area (Å²) in [6, 6.07) is 7.06. The highest BCUT2D eigenvalue weighted by molar-refractivity contribution is 5.98. The molecule has 19 heavy (non-hydrogen) atoms. The number of fused-ring (bicyclic) bond motifs is 1. The molecule has 1 aliphatic heterocycles. The molecule has 1 aromatic carbocycles. The van der Waals surface area contributed by atoms with Crippen molar-refractivity contribution in [3.63, 3.8) is 0 Å². The van der Waals surface area contributed by atoms with Crippen molar-refractivity contribution in [3.05, 3.63) is 18.2 Å². The van der Waals surface area contributed by atoms with E-state index in [1.807, 2.05) is 6.07 Å². The Morgan fingerprint density at radius 2 is 2.37 bits per heavy atom. The van der Waals surface area contributed by atoms with Crippen LogP contribution in [0.2, 0.25) is 0 Å². The lowest BCUT2D eigenvalue weighted by Gasteiger charge is -2.22. The molecule has 0 atom stereocenters. The Balaban J connectivity index is 2.17. The zero-order valence-corrected chi connectivity index (χ0v) is 10.5. The number of carbonyl (C=O) groups is 2. The third-order valence-corrected chi connectivity index (χ3v) is 2.81. The van der Waals surface area contributed by atoms with Gasteiger partial charge in [-0.15, -0.1) is 0 Å². The van der Waals surface area contributed by atoms with E-state index in [-0.39, 0.29) is 31.3 Å². The van der Waals surface area contributed by atoms with Crippen LogP contribution in [0.5, 0.6) is 5.75 Å². The molecular formula is C13H13N3O3. The summed E-state index contributed by atoms with van der Waals surface area (Å²) in [6.07, 6.45) is 0.362. The molecule has 0 radical (unpaired) electrons. The zero-order valence-electron chi connectivity index (χ0n) is 10.5. The molecule has 1 N–H and O–H groups in total. The Morgan fingerprint density at radius 1 is 1.58 bits per heavy atom. The molecule has 2 rings (SSSR count). The monoisotopic (exact) mass is 259 g/mol. The van der Waals surface area contributed by atoms with Gasteiger partial charge in [-0.3, -0.25) is 9.59 Å². The van der Waals surface area contributed by atoms with Gasteiger partial charge in [-0.25, -0.2) is 0 Å². The number of nitrogens with one attached hydrogen (secondary N) is 1. The summed E-state index contributed by atoms with van der Waals surface area (Å²) < 4.78 is 5.24. The molecule has 2 amide bonds. The van der Waals surface area contributed by atoms with Gasteiger partial charge in [0, 0.05) is 25.6 Å². The number of nitrogens with zero attached hydrogens (tertiary/aromatic N) is 2. The van der Waals surface area contributed by atoms with Crippen molar-refractivity contribution >= 4 is 23.2 Å². The van der Waals surface area contributed by atoms with Gasteiger partial charge in [0.25, 0.3) is 5.91 Å². The summed E-state index contributed by atoms with van der Waals surface area (Å²) >= 11 is 0. The number of anilines is 2. The summed E-state index contributed by atoms with van der Waals surface area (Å²) in [4.78, 5) is 24.5. The molecule has 0 bridgehead atoms. The number of carbonyl (C=O) groups excluding carboxylic acids is 2. The molecule has 0 fully saturated rings. The first-order valence-electron chi connectivity index (χ1n) is 5.82. The van der Waals surface area contributed by atoms with Crippen LogP contribution in [-0.4, -0.2) is 25.5 Å². The van der Waals surface area contributed by atoms with Gasteiger partial charge in [0.15, 0.2) is 6.61 Å². The molecule has 6 nitrogen and oxygen atoms in total. The minimum Gasteiger partial charge on any atom is -0.482 e. The normalized spacial score (nSPS) is 12.7. The summed E-state index contributed by atoms with van der Waals surface area (Å²) in [5, 5.41) is 11.2. The Labute approximate surface area is 110 Å².